The Balaban J connectivity index is 0.000000282. The predicted octanol–water partition coefficient (Wildman–Crippen LogP) is 4.32. The Morgan fingerprint density at radius 3 is 1.60 bits per heavy atom. The average Bonchev–Trinajstić information content (AvgIpc) is 2.98. The number of ether oxygens (including phenoxy) is 2. The highest BCUT2D eigenvalue weighted by Crippen LogP contribution is 2.16. The van der Waals surface area contributed by atoms with Crippen LogP contribution in [0.3, 0.4) is 0 Å². The van der Waals surface area contributed by atoms with Crippen LogP contribution in [0, 0.1) is 19.8 Å². The first-order valence-electron chi connectivity index (χ1n) is 13.7. The van der Waals surface area contributed by atoms with Crippen molar-refractivity contribution in [1.29, 1.82) is 0 Å². The van der Waals surface area contributed by atoms with Gasteiger partial charge in [0.2, 0.25) is 12.2 Å². The molecule has 43 heavy (non-hydrogen) atoms. The molecule has 3 aromatic carbocycles. The van der Waals surface area contributed by atoms with Crippen LogP contribution in [0.5, 0.6) is 0 Å². The number of nitrogens with zero attached hydrogens (tertiary/aromatic N) is 1. The predicted molar refractivity (Wildman–Crippen MR) is 157 cm³/mol. The van der Waals surface area contributed by atoms with E-state index in [0.717, 1.165) is 30.8 Å². The van der Waals surface area contributed by atoms with Crippen LogP contribution in [-0.4, -0.2) is 70.1 Å². The highest BCUT2D eigenvalue weighted by Gasteiger charge is 2.41. The minimum Gasteiger partial charge on any atom is -0.478 e. The number of piperidine rings is 1. The molecule has 0 bridgehead atoms. The normalized spacial score (nSPS) is 16.2. The molecule has 2 N–H and O–H groups in total. The van der Waals surface area contributed by atoms with Gasteiger partial charge in [0.1, 0.15) is 5.78 Å². The lowest BCUT2D eigenvalue weighted by atomic mass is 9.98. The summed E-state index contributed by atoms with van der Waals surface area (Å²) in [5.41, 5.74) is 3.12. The summed E-state index contributed by atoms with van der Waals surface area (Å²) in [5.74, 6) is -4.99. The fraction of sp³-hybridized carbons (Fsp3) is 0.303. The summed E-state index contributed by atoms with van der Waals surface area (Å²) in [6.45, 7) is 8.41. The molecular weight excluding hydrogens is 554 g/mol. The third-order valence-electron chi connectivity index (χ3n) is 6.81. The molecule has 1 fully saturated rings. The number of carbonyl (C=O) groups excluding carboxylic acids is 3. The molecule has 0 saturated carbocycles. The molecule has 1 heterocycles. The number of esters is 2. The van der Waals surface area contributed by atoms with Crippen LogP contribution in [-0.2, 0) is 30.4 Å². The highest BCUT2D eigenvalue weighted by atomic mass is 16.6. The second-order valence-corrected chi connectivity index (χ2v) is 10.4. The van der Waals surface area contributed by atoms with Gasteiger partial charge in [0.15, 0.2) is 0 Å². The first kappa shape index (κ1) is 32.7. The van der Waals surface area contributed by atoms with E-state index < -0.39 is 36.1 Å². The Kier molecular flexibility index (Phi) is 11.7. The van der Waals surface area contributed by atoms with Crippen molar-refractivity contribution in [2.45, 2.75) is 45.9 Å². The zero-order valence-electron chi connectivity index (χ0n) is 24.3. The van der Waals surface area contributed by atoms with Gasteiger partial charge in [-0.05, 0) is 43.7 Å². The van der Waals surface area contributed by atoms with Gasteiger partial charge in [0, 0.05) is 32.0 Å². The van der Waals surface area contributed by atoms with E-state index in [1.165, 1.54) is 29.8 Å². The fourth-order valence-electron chi connectivity index (χ4n) is 4.31. The summed E-state index contributed by atoms with van der Waals surface area (Å²) in [6, 6.07) is 22.5. The Morgan fingerprint density at radius 1 is 0.767 bits per heavy atom. The summed E-state index contributed by atoms with van der Waals surface area (Å²) >= 11 is 0. The quantitative estimate of drug-likeness (QED) is 0.346. The van der Waals surface area contributed by atoms with Gasteiger partial charge in [-0.2, -0.15) is 0 Å². The van der Waals surface area contributed by atoms with Crippen molar-refractivity contribution in [1.82, 2.24) is 4.90 Å². The maximum Gasteiger partial charge on any atom is 0.349 e. The van der Waals surface area contributed by atoms with Crippen LogP contribution < -0.4 is 0 Å². The van der Waals surface area contributed by atoms with E-state index in [-0.39, 0.29) is 17.0 Å². The summed E-state index contributed by atoms with van der Waals surface area (Å²) in [4.78, 5) is 61.1. The van der Waals surface area contributed by atoms with E-state index in [1.54, 1.807) is 38.1 Å². The Bertz CT molecular complexity index is 1340. The summed E-state index contributed by atoms with van der Waals surface area (Å²) in [7, 11) is 0. The van der Waals surface area contributed by atoms with E-state index in [2.05, 4.69) is 29.2 Å². The number of benzene rings is 3. The lowest BCUT2D eigenvalue weighted by Crippen LogP contribution is -2.45. The highest BCUT2D eigenvalue weighted by molar-refractivity contribution is 5.95. The van der Waals surface area contributed by atoms with E-state index in [0.29, 0.717) is 12.2 Å². The number of Topliss-reactive ketones (excluding diaryl/α,β-unsaturated/α-hetero) is 1. The molecular formula is C33H35NO9. The van der Waals surface area contributed by atoms with Gasteiger partial charge in [0.05, 0.1) is 11.1 Å². The summed E-state index contributed by atoms with van der Waals surface area (Å²) in [6.07, 6.45) is -3.73. The number of hydrogen-bond donors (Lipinski definition) is 2. The van der Waals surface area contributed by atoms with Gasteiger partial charge in [-0.1, -0.05) is 72.6 Å². The van der Waals surface area contributed by atoms with E-state index in [1.807, 2.05) is 13.0 Å². The molecule has 1 aliphatic heterocycles. The molecule has 4 rings (SSSR count). The van der Waals surface area contributed by atoms with Gasteiger partial charge >= 0.3 is 23.9 Å². The minimum atomic E-state index is -2.22. The molecule has 0 spiro atoms. The van der Waals surface area contributed by atoms with Crippen molar-refractivity contribution in [3.8, 4) is 0 Å². The van der Waals surface area contributed by atoms with Crippen molar-refractivity contribution in [3.63, 3.8) is 0 Å². The summed E-state index contributed by atoms with van der Waals surface area (Å²) < 4.78 is 9.64. The van der Waals surface area contributed by atoms with Gasteiger partial charge in [-0.25, -0.2) is 19.2 Å². The lowest BCUT2D eigenvalue weighted by Gasteiger charge is -2.29. The largest absolute Gasteiger partial charge is 0.478 e. The SMILES string of the molecule is C[C@H]1CN(Cc2ccccc2)CCC1=O.Cc1ccc(C(=O)O[C@@H](C(=O)O)[C@@H](OC(=O)c2ccc(C)cc2)C(=O)O)cc1. The van der Waals surface area contributed by atoms with Crippen LogP contribution in [0.15, 0.2) is 78.9 Å². The molecule has 10 heteroatoms. The number of ketones is 1. The number of aryl methyl sites for hydroxylation is 2. The van der Waals surface area contributed by atoms with Crippen LogP contribution in [0.2, 0.25) is 0 Å². The molecule has 10 nitrogen and oxygen atoms in total. The number of rotatable bonds is 9. The Hall–Kier alpha value is -4.83. The second kappa shape index (κ2) is 15.4. The van der Waals surface area contributed by atoms with Crippen molar-refractivity contribution < 1.29 is 43.7 Å². The average molecular weight is 590 g/mol. The molecule has 0 aliphatic carbocycles. The van der Waals surface area contributed by atoms with Crippen molar-refractivity contribution >= 4 is 29.7 Å². The molecule has 1 aliphatic rings. The molecule has 3 aromatic rings. The number of carbonyl (C=O) groups is 5. The molecule has 0 unspecified atom stereocenters. The molecule has 3 atom stereocenters. The minimum absolute atomic E-state index is 0.0332. The second-order valence-electron chi connectivity index (χ2n) is 10.4. The zero-order valence-corrected chi connectivity index (χ0v) is 24.3. The van der Waals surface area contributed by atoms with E-state index >= 15 is 0 Å². The smallest absolute Gasteiger partial charge is 0.349 e. The molecule has 0 aromatic heterocycles. The van der Waals surface area contributed by atoms with Gasteiger partial charge < -0.3 is 19.7 Å². The van der Waals surface area contributed by atoms with E-state index in [4.69, 9.17) is 9.47 Å². The standard InChI is InChI=1S/C20H18O8.C13H17NO/c1-11-3-7-13(8-4-11)19(25)27-15(17(21)22)16(18(23)24)28-20(26)14-9-5-12(2)6-10-14;1-11-9-14(8-7-13(11)15)10-12-5-3-2-4-6-12/h3-10,15-16H,1-2H3,(H,21,22)(H,23,24);2-6,11H,7-10H2,1H3/t15-,16-;11-/m10/s1. The Labute approximate surface area is 249 Å². The van der Waals surface area contributed by atoms with Crippen LogP contribution in [0.4, 0.5) is 0 Å². The summed E-state index contributed by atoms with van der Waals surface area (Å²) in [5, 5.41) is 18.6. The monoisotopic (exact) mass is 589 g/mol. The van der Waals surface area contributed by atoms with Gasteiger partial charge in [0.25, 0.3) is 0 Å². The maximum atomic E-state index is 12.2. The van der Waals surface area contributed by atoms with Gasteiger partial charge in [-0.3, -0.25) is 9.69 Å². The topological polar surface area (TPSA) is 148 Å². The third kappa shape index (κ3) is 9.89. The van der Waals surface area contributed by atoms with Crippen molar-refractivity contribution in [2.24, 2.45) is 5.92 Å². The molecule has 1 saturated heterocycles. The first-order valence-corrected chi connectivity index (χ1v) is 13.7. The number of hydrogen-bond acceptors (Lipinski definition) is 8. The lowest BCUT2D eigenvalue weighted by molar-refractivity contribution is -0.166. The molecule has 0 amide bonds. The molecule has 0 radical (unpaired) electrons. The zero-order chi connectivity index (χ0) is 31.5. The maximum absolute atomic E-state index is 12.2. The van der Waals surface area contributed by atoms with Crippen LogP contribution in [0.1, 0.15) is 50.8 Å². The fourth-order valence-corrected chi connectivity index (χ4v) is 4.31. The van der Waals surface area contributed by atoms with Gasteiger partial charge in [-0.15, -0.1) is 0 Å². The third-order valence-corrected chi connectivity index (χ3v) is 6.81. The van der Waals surface area contributed by atoms with Crippen molar-refractivity contribution in [2.75, 3.05) is 13.1 Å². The number of carboxylic acid groups (broad SMARTS) is 2. The molecule has 226 valence electrons. The van der Waals surface area contributed by atoms with Crippen LogP contribution in [0.25, 0.3) is 0 Å². The van der Waals surface area contributed by atoms with E-state index in [9.17, 15) is 34.2 Å². The van der Waals surface area contributed by atoms with Crippen molar-refractivity contribution in [3.05, 3.63) is 107 Å². The van der Waals surface area contributed by atoms with Crippen LogP contribution >= 0.6 is 0 Å². The number of aliphatic carboxylic acids is 2. The number of carboxylic acids is 2. The first-order chi connectivity index (χ1) is 20.4. The Morgan fingerprint density at radius 2 is 1.21 bits per heavy atom. The number of likely N-dealkylation sites (tertiary alicyclic amines) is 1.